The number of hydrogen-bond donors (Lipinski definition) is 1. The van der Waals surface area contributed by atoms with E-state index in [1.54, 1.807) is 36.4 Å². The van der Waals surface area contributed by atoms with Gasteiger partial charge in [-0.1, -0.05) is 32.0 Å². The first-order valence-electron chi connectivity index (χ1n) is 11.6. The number of likely N-dealkylation sites (tertiary alicyclic amines) is 1. The lowest BCUT2D eigenvalue weighted by Crippen LogP contribution is -2.29. The molecular weight excluding hydrogens is 485 g/mol. The predicted molar refractivity (Wildman–Crippen MR) is 131 cm³/mol. The Labute approximate surface area is 212 Å². The summed E-state index contributed by atoms with van der Waals surface area (Å²) in [6, 6.07) is 13.3. The number of rotatable bonds is 6. The molecule has 6 nitrogen and oxygen atoms in total. The smallest absolute Gasteiger partial charge is 0.416 e. The summed E-state index contributed by atoms with van der Waals surface area (Å²) in [5.41, 5.74) is 0.532. The lowest BCUT2D eigenvalue weighted by atomic mass is 9.94. The lowest BCUT2D eigenvalue weighted by molar-refractivity contribution is -0.140. The van der Waals surface area contributed by atoms with Gasteiger partial charge >= 0.3 is 6.18 Å². The van der Waals surface area contributed by atoms with Crippen LogP contribution in [0.15, 0.2) is 72.4 Å². The van der Waals surface area contributed by atoms with Crippen LogP contribution in [0.25, 0.3) is 5.76 Å². The highest BCUT2D eigenvalue weighted by atomic mass is 19.4. The Balaban J connectivity index is 1.84. The summed E-state index contributed by atoms with van der Waals surface area (Å²) in [4.78, 5) is 31.8. The average molecular weight is 511 g/mol. The third kappa shape index (κ3) is 5.07. The van der Waals surface area contributed by atoms with Gasteiger partial charge in [-0.3, -0.25) is 14.6 Å². The number of halogens is 3. The molecule has 0 aliphatic carbocycles. The van der Waals surface area contributed by atoms with Crippen molar-refractivity contribution >= 4 is 17.4 Å². The van der Waals surface area contributed by atoms with Crippen LogP contribution in [0, 0.1) is 0 Å². The molecule has 1 N–H and O–H groups in total. The van der Waals surface area contributed by atoms with E-state index in [0.717, 1.165) is 22.6 Å². The minimum absolute atomic E-state index is 0.0395. The number of carbonyl (C=O) groups excluding carboxylic acids is 2. The zero-order valence-corrected chi connectivity index (χ0v) is 20.4. The third-order valence-corrected chi connectivity index (χ3v) is 6.24. The van der Waals surface area contributed by atoms with Crippen LogP contribution in [0.4, 0.5) is 13.2 Å². The van der Waals surface area contributed by atoms with Crippen LogP contribution in [0.5, 0.6) is 5.75 Å². The van der Waals surface area contributed by atoms with Crippen LogP contribution in [-0.4, -0.2) is 33.8 Å². The number of methoxy groups -OCH3 is 1. The molecule has 0 bridgehead atoms. The maximum absolute atomic E-state index is 13.3. The van der Waals surface area contributed by atoms with Crippen molar-refractivity contribution in [3.63, 3.8) is 0 Å². The molecule has 1 atom stereocenters. The summed E-state index contributed by atoms with van der Waals surface area (Å²) in [6.45, 7) is 3.61. The molecule has 1 aliphatic heterocycles. The van der Waals surface area contributed by atoms with Crippen molar-refractivity contribution < 1.29 is 32.6 Å². The molecule has 2 aromatic carbocycles. The number of amides is 1. The minimum Gasteiger partial charge on any atom is -0.507 e. The fourth-order valence-electron chi connectivity index (χ4n) is 4.42. The van der Waals surface area contributed by atoms with Crippen LogP contribution >= 0.6 is 0 Å². The number of nitrogens with zero attached hydrogens (tertiary/aromatic N) is 2. The maximum atomic E-state index is 13.3. The first-order chi connectivity index (χ1) is 17.5. The quantitative estimate of drug-likeness (QED) is 0.256. The molecule has 0 saturated carbocycles. The Morgan fingerprint density at radius 1 is 1.08 bits per heavy atom. The zero-order valence-electron chi connectivity index (χ0n) is 20.4. The second kappa shape index (κ2) is 10.1. The number of ether oxygens (including phenoxy) is 1. The molecule has 4 rings (SSSR count). The summed E-state index contributed by atoms with van der Waals surface area (Å²) in [7, 11) is 1.53. The van der Waals surface area contributed by atoms with E-state index in [2.05, 4.69) is 4.98 Å². The topological polar surface area (TPSA) is 79.7 Å². The Morgan fingerprint density at radius 2 is 1.84 bits per heavy atom. The minimum atomic E-state index is -4.56. The number of carbonyl (C=O) groups is 2. The summed E-state index contributed by atoms with van der Waals surface area (Å²) in [5.74, 6) is -1.63. The van der Waals surface area contributed by atoms with Crippen molar-refractivity contribution in [2.75, 3.05) is 7.11 Å². The maximum Gasteiger partial charge on any atom is 0.416 e. The Morgan fingerprint density at radius 3 is 2.46 bits per heavy atom. The van der Waals surface area contributed by atoms with E-state index in [4.69, 9.17) is 4.74 Å². The van der Waals surface area contributed by atoms with Crippen LogP contribution < -0.4 is 4.74 Å². The first kappa shape index (κ1) is 25.9. The van der Waals surface area contributed by atoms with E-state index in [9.17, 15) is 27.9 Å². The van der Waals surface area contributed by atoms with Crippen LogP contribution in [0.2, 0.25) is 0 Å². The summed E-state index contributed by atoms with van der Waals surface area (Å²) in [6.07, 6.45) is -3.09. The van der Waals surface area contributed by atoms with E-state index >= 15 is 0 Å². The van der Waals surface area contributed by atoms with Crippen molar-refractivity contribution in [1.29, 1.82) is 0 Å². The van der Waals surface area contributed by atoms with Gasteiger partial charge in [0.15, 0.2) is 0 Å². The van der Waals surface area contributed by atoms with Gasteiger partial charge in [0.2, 0.25) is 0 Å². The highest BCUT2D eigenvalue weighted by Gasteiger charge is 2.47. The molecule has 1 saturated heterocycles. The SMILES string of the molecule is COc1ccc(/C(O)=C2/C(=O)C(=O)N(Cc3cccc(C(F)(F)F)c3)C2c2ccccn2)cc1C(C)C. The molecule has 1 unspecified atom stereocenters. The molecule has 37 heavy (non-hydrogen) atoms. The highest BCUT2D eigenvalue weighted by Crippen LogP contribution is 2.41. The summed E-state index contributed by atoms with van der Waals surface area (Å²) < 4.78 is 45.2. The van der Waals surface area contributed by atoms with Crippen molar-refractivity contribution in [1.82, 2.24) is 9.88 Å². The molecule has 1 aromatic heterocycles. The number of Topliss-reactive ketones (excluding diaryl/α,β-unsaturated/α-hetero) is 1. The second-order valence-corrected chi connectivity index (χ2v) is 8.99. The summed E-state index contributed by atoms with van der Waals surface area (Å²) >= 11 is 0. The van der Waals surface area contributed by atoms with Crippen molar-refractivity contribution in [3.05, 3.63) is 100 Å². The van der Waals surface area contributed by atoms with Crippen LogP contribution in [-0.2, 0) is 22.3 Å². The van der Waals surface area contributed by atoms with Gasteiger partial charge in [0.25, 0.3) is 11.7 Å². The van der Waals surface area contributed by atoms with Crippen molar-refractivity contribution in [3.8, 4) is 5.75 Å². The standard InChI is InChI=1S/C28H25F3N2O4/c1-16(2)20-14-18(10-11-22(20)37-3)25(34)23-24(21-9-4-5-12-32-21)33(27(36)26(23)35)15-17-7-6-8-19(13-17)28(29,30)31/h4-14,16,24,34H,15H2,1-3H3/b25-23-. The van der Waals surface area contributed by atoms with Gasteiger partial charge in [0.05, 0.1) is 23.9 Å². The Hall–Kier alpha value is -4.14. The lowest BCUT2D eigenvalue weighted by Gasteiger charge is -2.25. The Kier molecular flexibility index (Phi) is 7.07. The fraction of sp³-hybridized carbons (Fsp3) is 0.250. The number of aromatic nitrogens is 1. The molecule has 2 heterocycles. The zero-order chi connectivity index (χ0) is 26.9. The fourth-order valence-corrected chi connectivity index (χ4v) is 4.42. The molecule has 1 aliphatic rings. The van der Waals surface area contributed by atoms with Crippen LogP contribution in [0.1, 0.15) is 53.8 Å². The largest absolute Gasteiger partial charge is 0.507 e. The second-order valence-electron chi connectivity index (χ2n) is 8.99. The van der Waals surface area contributed by atoms with E-state index in [0.29, 0.717) is 17.0 Å². The molecule has 1 fully saturated rings. The van der Waals surface area contributed by atoms with Crippen LogP contribution in [0.3, 0.4) is 0 Å². The molecular formula is C28H25F3N2O4. The number of hydrogen-bond acceptors (Lipinski definition) is 5. The van der Waals surface area contributed by atoms with Crippen molar-refractivity contribution in [2.45, 2.75) is 38.5 Å². The number of ketones is 1. The predicted octanol–water partition coefficient (Wildman–Crippen LogP) is 5.85. The summed E-state index contributed by atoms with van der Waals surface area (Å²) in [5, 5.41) is 11.3. The third-order valence-electron chi connectivity index (χ3n) is 6.24. The van der Waals surface area contributed by atoms with Crippen molar-refractivity contribution in [2.24, 2.45) is 0 Å². The van der Waals surface area contributed by atoms with Gasteiger partial charge < -0.3 is 14.7 Å². The first-order valence-corrected chi connectivity index (χ1v) is 11.6. The Bertz CT molecular complexity index is 1370. The molecule has 3 aromatic rings. The molecule has 1 amide bonds. The molecule has 0 radical (unpaired) electrons. The van der Waals surface area contributed by atoms with Gasteiger partial charge in [0.1, 0.15) is 17.6 Å². The number of aliphatic hydroxyl groups excluding tert-OH is 1. The number of benzene rings is 2. The molecule has 192 valence electrons. The number of aliphatic hydroxyl groups is 1. The van der Waals surface area contributed by atoms with Gasteiger partial charge in [-0.2, -0.15) is 13.2 Å². The van der Waals surface area contributed by atoms with E-state index in [1.165, 1.54) is 25.4 Å². The van der Waals surface area contributed by atoms with E-state index < -0.39 is 35.2 Å². The van der Waals surface area contributed by atoms with E-state index in [-0.39, 0.29) is 23.6 Å². The monoisotopic (exact) mass is 510 g/mol. The van der Waals surface area contributed by atoms with Gasteiger partial charge in [-0.15, -0.1) is 0 Å². The number of pyridine rings is 1. The van der Waals surface area contributed by atoms with Gasteiger partial charge in [-0.05, 0) is 59.5 Å². The number of alkyl halides is 3. The molecule has 0 spiro atoms. The highest BCUT2D eigenvalue weighted by molar-refractivity contribution is 6.46. The average Bonchev–Trinajstić information content (AvgIpc) is 3.13. The van der Waals surface area contributed by atoms with E-state index in [1.807, 2.05) is 13.8 Å². The normalized spacial score (nSPS) is 17.5. The van der Waals surface area contributed by atoms with Gasteiger partial charge in [0, 0.05) is 18.3 Å². The molecule has 9 heteroatoms. The van der Waals surface area contributed by atoms with Gasteiger partial charge in [-0.25, -0.2) is 0 Å².